The maximum Gasteiger partial charge on any atom is 0.269 e. The molecule has 106 valence electrons. The maximum atomic E-state index is 10.8. The Kier molecular flexibility index (Phi) is 4.12. The number of halogens is 1. The van der Waals surface area contributed by atoms with Gasteiger partial charge in [0.25, 0.3) is 5.69 Å². The molecule has 0 aliphatic carbocycles. The van der Waals surface area contributed by atoms with Crippen molar-refractivity contribution < 1.29 is 4.92 Å². The average Bonchev–Trinajstić information content (AvgIpc) is 2.64. The summed E-state index contributed by atoms with van der Waals surface area (Å²) in [5.74, 6) is 0.397. The van der Waals surface area contributed by atoms with E-state index in [9.17, 15) is 10.1 Å². The van der Waals surface area contributed by atoms with Crippen molar-refractivity contribution in [3.8, 4) is 5.69 Å². The molecule has 0 aliphatic rings. The van der Waals surface area contributed by atoms with Gasteiger partial charge in [-0.25, -0.2) is 4.68 Å². The highest BCUT2D eigenvalue weighted by molar-refractivity contribution is 14.1. The summed E-state index contributed by atoms with van der Waals surface area (Å²) in [5, 5.41) is 15.4. The van der Waals surface area contributed by atoms with Crippen LogP contribution in [0.15, 0.2) is 18.2 Å². The molecule has 0 unspecified atom stereocenters. The van der Waals surface area contributed by atoms with Crippen LogP contribution in [-0.4, -0.2) is 14.7 Å². The molecule has 2 aromatic rings. The highest BCUT2D eigenvalue weighted by atomic mass is 127. The Labute approximate surface area is 131 Å². The van der Waals surface area contributed by atoms with Gasteiger partial charge in [0.2, 0.25) is 0 Å². The summed E-state index contributed by atoms with van der Waals surface area (Å²) in [6.07, 6.45) is 0. The molecule has 0 spiro atoms. The number of hydrogen-bond acceptors (Lipinski definition) is 3. The molecule has 1 heterocycles. The molecule has 1 aromatic heterocycles. The molecular weight excluding hydrogens is 369 g/mol. The third-order valence-corrected chi connectivity index (χ3v) is 4.11. The van der Waals surface area contributed by atoms with Crippen molar-refractivity contribution in [2.75, 3.05) is 0 Å². The number of aromatic nitrogens is 2. The molecule has 0 saturated heterocycles. The summed E-state index contributed by atoms with van der Waals surface area (Å²) >= 11 is 2.24. The average molecular weight is 385 g/mol. The summed E-state index contributed by atoms with van der Waals surface area (Å²) in [6, 6.07) is 4.86. The largest absolute Gasteiger partial charge is 0.269 e. The Morgan fingerprint density at radius 1 is 1.35 bits per heavy atom. The fourth-order valence-electron chi connectivity index (χ4n) is 2.36. The molecule has 5 nitrogen and oxygen atoms in total. The summed E-state index contributed by atoms with van der Waals surface area (Å²) in [6.45, 7) is 8.18. The lowest BCUT2D eigenvalue weighted by Crippen LogP contribution is -2.03. The zero-order chi connectivity index (χ0) is 15.0. The van der Waals surface area contributed by atoms with E-state index in [1.165, 1.54) is 11.6 Å². The molecule has 0 saturated carbocycles. The first kappa shape index (κ1) is 15.0. The van der Waals surface area contributed by atoms with Gasteiger partial charge in [0.15, 0.2) is 0 Å². The molecule has 0 fully saturated rings. The molecule has 20 heavy (non-hydrogen) atoms. The third kappa shape index (κ3) is 2.56. The number of hydrogen-bond donors (Lipinski definition) is 0. The monoisotopic (exact) mass is 385 g/mol. The van der Waals surface area contributed by atoms with Gasteiger partial charge in [-0.05, 0) is 54.0 Å². The summed E-state index contributed by atoms with van der Waals surface area (Å²) in [4.78, 5) is 10.4. The van der Waals surface area contributed by atoms with Crippen molar-refractivity contribution >= 4 is 28.3 Å². The van der Waals surface area contributed by atoms with E-state index >= 15 is 0 Å². The van der Waals surface area contributed by atoms with Gasteiger partial charge in [0.1, 0.15) is 3.70 Å². The second-order valence-corrected chi connectivity index (χ2v) is 6.11. The summed E-state index contributed by atoms with van der Waals surface area (Å²) in [5.41, 5.74) is 4.15. The molecule has 0 atom stereocenters. The highest BCUT2D eigenvalue weighted by Crippen LogP contribution is 2.28. The zero-order valence-electron chi connectivity index (χ0n) is 11.8. The topological polar surface area (TPSA) is 61.0 Å². The standard InChI is InChI=1S/C14H16IN3O2/c1-8(2)13-10(4)17(16-14(13)15)12-6-5-11(18(19)20)7-9(12)3/h5-8H,1-4H3. The minimum absolute atomic E-state index is 0.106. The van der Waals surface area contributed by atoms with E-state index in [0.717, 1.165) is 20.6 Å². The molecule has 6 heteroatoms. The van der Waals surface area contributed by atoms with Crippen LogP contribution < -0.4 is 0 Å². The minimum Gasteiger partial charge on any atom is -0.258 e. The van der Waals surface area contributed by atoms with Crippen molar-refractivity contribution in [3.63, 3.8) is 0 Å². The molecule has 0 bridgehead atoms. The van der Waals surface area contributed by atoms with Gasteiger partial charge in [0, 0.05) is 23.4 Å². The number of non-ortho nitro benzene ring substituents is 1. The predicted octanol–water partition coefficient (Wildman–Crippen LogP) is 4.13. The van der Waals surface area contributed by atoms with Crippen LogP contribution in [0.25, 0.3) is 5.69 Å². The molecule has 0 amide bonds. The summed E-state index contributed by atoms with van der Waals surface area (Å²) in [7, 11) is 0. The smallest absolute Gasteiger partial charge is 0.258 e. The first-order valence-corrected chi connectivity index (χ1v) is 7.41. The Hall–Kier alpha value is -1.44. The number of benzene rings is 1. The number of rotatable bonds is 3. The molecule has 2 rings (SSSR count). The Bertz CT molecular complexity index is 677. The van der Waals surface area contributed by atoms with Gasteiger partial charge in [-0.15, -0.1) is 0 Å². The van der Waals surface area contributed by atoms with Crippen molar-refractivity contribution in [3.05, 3.63) is 48.8 Å². The SMILES string of the molecule is Cc1cc([N+](=O)[O-])ccc1-n1nc(I)c(C(C)C)c1C. The van der Waals surface area contributed by atoms with Crippen LogP contribution in [0.3, 0.4) is 0 Å². The number of aryl methyl sites for hydroxylation is 1. The molecule has 0 aliphatic heterocycles. The molecule has 1 aromatic carbocycles. The predicted molar refractivity (Wildman–Crippen MR) is 86.5 cm³/mol. The van der Waals surface area contributed by atoms with E-state index in [1.807, 2.05) is 18.5 Å². The van der Waals surface area contributed by atoms with Gasteiger partial charge < -0.3 is 0 Å². The fraction of sp³-hybridized carbons (Fsp3) is 0.357. The van der Waals surface area contributed by atoms with Crippen molar-refractivity contribution in [1.82, 2.24) is 9.78 Å². The lowest BCUT2D eigenvalue weighted by molar-refractivity contribution is -0.384. The van der Waals surface area contributed by atoms with Gasteiger partial charge in [-0.3, -0.25) is 10.1 Å². The molecule has 0 N–H and O–H groups in total. The third-order valence-electron chi connectivity index (χ3n) is 3.31. The van der Waals surface area contributed by atoms with E-state index in [-0.39, 0.29) is 10.6 Å². The second-order valence-electron chi connectivity index (χ2n) is 5.08. The van der Waals surface area contributed by atoms with Gasteiger partial charge in [-0.2, -0.15) is 5.10 Å². The lowest BCUT2D eigenvalue weighted by atomic mass is 10.0. The molecular formula is C14H16IN3O2. The first-order chi connectivity index (χ1) is 9.32. The maximum absolute atomic E-state index is 10.8. The van der Waals surface area contributed by atoms with Crippen LogP contribution in [0.4, 0.5) is 5.69 Å². The van der Waals surface area contributed by atoms with Gasteiger partial charge >= 0.3 is 0 Å². The van der Waals surface area contributed by atoms with Crippen LogP contribution >= 0.6 is 22.6 Å². The highest BCUT2D eigenvalue weighted by Gasteiger charge is 2.18. The van der Waals surface area contributed by atoms with Crippen LogP contribution in [-0.2, 0) is 0 Å². The fourth-order valence-corrected chi connectivity index (χ4v) is 3.59. The van der Waals surface area contributed by atoms with Crippen molar-refractivity contribution in [1.29, 1.82) is 0 Å². The van der Waals surface area contributed by atoms with E-state index in [1.54, 1.807) is 12.1 Å². The van der Waals surface area contributed by atoms with Crippen LogP contribution in [0.2, 0.25) is 0 Å². The quantitative estimate of drug-likeness (QED) is 0.454. The number of nitrogens with zero attached hydrogens (tertiary/aromatic N) is 3. The van der Waals surface area contributed by atoms with E-state index in [0.29, 0.717) is 5.92 Å². The van der Waals surface area contributed by atoms with E-state index < -0.39 is 0 Å². The summed E-state index contributed by atoms with van der Waals surface area (Å²) < 4.78 is 2.85. The van der Waals surface area contributed by atoms with Gasteiger partial charge in [0.05, 0.1) is 10.6 Å². The van der Waals surface area contributed by atoms with E-state index in [2.05, 4.69) is 41.5 Å². The van der Waals surface area contributed by atoms with Crippen LogP contribution in [0.5, 0.6) is 0 Å². The van der Waals surface area contributed by atoms with Crippen LogP contribution in [0, 0.1) is 27.7 Å². The van der Waals surface area contributed by atoms with E-state index in [4.69, 9.17) is 0 Å². The van der Waals surface area contributed by atoms with Crippen molar-refractivity contribution in [2.45, 2.75) is 33.6 Å². The Morgan fingerprint density at radius 3 is 2.45 bits per heavy atom. The Morgan fingerprint density at radius 2 is 2.00 bits per heavy atom. The number of nitro benzene ring substituents is 1. The Balaban J connectivity index is 2.58. The number of nitro groups is 1. The first-order valence-electron chi connectivity index (χ1n) is 6.33. The van der Waals surface area contributed by atoms with Gasteiger partial charge in [-0.1, -0.05) is 13.8 Å². The lowest BCUT2D eigenvalue weighted by Gasteiger charge is -2.09. The second kappa shape index (κ2) is 5.51. The zero-order valence-corrected chi connectivity index (χ0v) is 14.0. The molecule has 0 radical (unpaired) electrons. The normalized spacial score (nSPS) is 11.1. The van der Waals surface area contributed by atoms with Crippen LogP contribution in [0.1, 0.15) is 36.6 Å². The minimum atomic E-state index is -0.379. The van der Waals surface area contributed by atoms with Crippen molar-refractivity contribution in [2.24, 2.45) is 0 Å².